The molecule has 4 atom stereocenters. The van der Waals surface area contributed by atoms with Crippen LogP contribution in [0, 0.1) is 11.8 Å². The summed E-state index contributed by atoms with van der Waals surface area (Å²) in [5.74, 6) is -3.99. The zero-order valence-electron chi connectivity index (χ0n) is 10.9. The van der Waals surface area contributed by atoms with Crippen molar-refractivity contribution in [3.05, 3.63) is 12.2 Å². The number of carboxylic acid groups (broad SMARTS) is 1. The van der Waals surface area contributed by atoms with Crippen molar-refractivity contribution in [1.29, 1.82) is 0 Å². The number of hydrogen-bond acceptors (Lipinski definition) is 6. The van der Waals surface area contributed by atoms with Gasteiger partial charge in [0.25, 0.3) is 0 Å². The number of nitrogens with zero attached hydrogens (tertiary/aromatic N) is 1. The van der Waals surface area contributed by atoms with Gasteiger partial charge in [0, 0.05) is 11.9 Å². The average molecular weight is 280 g/mol. The molecule has 0 unspecified atom stereocenters. The van der Waals surface area contributed by atoms with Crippen LogP contribution in [-0.2, 0) is 23.9 Å². The van der Waals surface area contributed by atoms with E-state index >= 15 is 0 Å². The van der Waals surface area contributed by atoms with Crippen LogP contribution in [-0.4, -0.2) is 54.1 Å². The third-order valence-electron chi connectivity index (χ3n) is 4.08. The first-order valence-corrected chi connectivity index (χ1v) is 6.51. The normalized spacial score (nSPS) is 37.4. The fourth-order valence-corrected chi connectivity index (χ4v) is 3.34. The predicted molar refractivity (Wildman–Crippen MR) is 61.9 cm³/mol. The van der Waals surface area contributed by atoms with Crippen molar-refractivity contribution in [2.75, 3.05) is 19.7 Å². The summed E-state index contributed by atoms with van der Waals surface area (Å²) in [6.45, 7) is 1.89. The second kappa shape index (κ2) is 4.31. The quantitative estimate of drug-likeness (QED) is 0.440. The molecule has 0 saturated carbocycles. The molecule has 1 amide bonds. The van der Waals surface area contributed by atoms with Gasteiger partial charge in [-0.3, -0.25) is 9.59 Å². The molecule has 0 aromatic rings. The molecule has 108 valence electrons. The zero-order chi connectivity index (χ0) is 14.5. The van der Waals surface area contributed by atoms with Gasteiger partial charge >= 0.3 is 5.97 Å². The van der Waals surface area contributed by atoms with Gasteiger partial charge in [-0.25, -0.2) is 0 Å². The van der Waals surface area contributed by atoms with E-state index in [1.165, 1.54) is 4.90 Å². The highest BCUT2D eigenvalue weighted by Gasteiger charge is 2.65. The van der Waals surface area contributed by atoms with E-state index in [0.717, 1.165) is 0 Å². The van der Waals surface area contributed by atoms with Crippen LogP contribution < -0.4 is 5.11 Å². The van der Waals surface area contributed by atoms with Gasteiger partial charge in [0.15, 0.2) is 0 Å². The zero-order valence-corrected chi connectivity index (χ0v) is 10.9. The van der Waals surface area contributed by atoms with Crippen LogP contribution in [0.4, 0.5) is 0 Å². The van der Waals surface area contributed by atoms with Crippen molar-refractivity contribution in [2.45, 2.75) is 18.6 Å². The lowest BCUT2D eigenvalue weighted by molar-refractivity contribution is -0.313. The molecule has 2 fully saturated rings. The molecule has 7 nitrogen and oxygen atoms in total. The lowest BCUT2D eigenvalue weighted by Crippen LogP contribution is -2.45. The van der Waals surface area contributed by atoms with E-state index in [2.05, 4.69) is 0 Å². The molecular weight excluding hydrogens is 266 g/mol. The number of esters is 1. The van der Waals surface area contributed by atoms with Crippen molar-refractivity contribution < 1.29 is 29.0 Å². The fourth-order valence-electron chi connectivity index (χ4n) is 3.34. The fraction of sp³-hybridized carbons (Fsp3) is 0.615. The van der Waals surface area contributed by atoms with E-state index in [1.54, 1.807) is 19.1 Å². The van der Waals surface area contributed by atoms with Crippen LogP contribution in [0.15, 0.2) is 12.2 Å². The van der Waals surface area contributed by atoms with Crippen LogP contribution in [0.3, 0.4) is 0 Å². The number of rotatable bonds is 4. The Hall–Kier alpha value is -1.89. The summed E-state index contributed by atoms with van der Waals surface area (Å²) < 4.78 is 10.5. The number of fused-ring (bicyclic) bond motifs is 1. The van der Waals surface area contributed by atoms with Crippen LogP contribution in [0.2, 0.25) is 0 Å². The minimum absolute atomic E-state index is 0.173. The number of hydrogen-bond donors (Lipinski definition) is 0. The number of carbonyl (C=O) groups is 3. The Morgan fingerprint density at radius 1 is 1.60 bits per heavy atom. The Labute approximate surface area is 115 Å². The number of carboxylic acids is 1. The molecule has 3 heterocycles. The lowest BCUT2D eigenvalue weighted by Gasteiger charge is -2.24. The van der Waals surface area contributed by atoms with Crippen molar-refractivity contribution in [3.63, 3.8) is 0 Å². The van der Waals surface area contributed by atoms with Crippen LogP contribution >= 0.6 is 0 Å². The Bertz CT molecular complexity index is 515. The van der Waals surface area contributed by atoms with E-state index < -0.39 is 35.5 Å². The van der Waals surface area contributed by atoms with Gasteiger partial charge in [-0.2, -0.15) is 0 Å². The molecule has 0 aromatic carbocycles. The van der Waals surface area contributed by atoms with Gasteiger partial charge in [0.2, 0.25) is 5.91 Å². The van der Waals surface area contributed by atoms with Gasteiger partial charge in [-0.1, -0.05) is 12.2 Å². The van der Waals surface area contributed by atoms with Gasteiger partial charge in [-0.15, -0.1) is 0 Å². The monoisotopic (exact) mass is 280 g/mol. The minimum atomic E-state index is -1.29. The highest BCUT2D eigenvalue weighted by atomic mass is 16.5. The first kappa shape index (κ1) is 13.1. The highest BCUT2D eigenvalue weighted by Crippen LogP contribution is 2.51. The molecular formula is C13H14NO6-. The molecule has 3 aliphatic heterocycles. The summed E-state index contributed by atoms with van der Waals surface area (Å²) in [6.07, 6.45) is 2.77. The van der Waals surface area contributed by atoms with Gasteiger partial charge in [0.1, 0.15) is 12.1 Å². The van der Waals surface area contributed by atoms with E-state index in [-0.39, 0.29) is 25.6 Å². The minimum Gasteiger partial charge on any atom is -0.550 e. The van der Waals surface area contributed by atoms with Crippen LogP contribution in [0.25, 0.3) is 0 Å². The van der Waals surface area contributed by atoms with Crippen molar-refractivity contribution in [3.8, 4) is 0 Å². The molecule has 3 aliphatic rings. The Balaban J connectivity index is 1.82. The number of ether oxygens (including phenoxy) is 2. The maximum Gasteiger partial charge on any atom is 0.325 e. The summed E-state index contributed by atoms with van der Waals surface area (Å²) in [5.41, 5.74) is -0.932. The summed E-state index contributed by atoms with van der Waals surface area (Å²) in [6, 6.07) is 0. The topological polar surface area (TPSA) is 96.0 Å². The number of amides is 1. The van der Waals surface area contributed by atoms with Crippen molar-refractivity contribution >= 4 is 17.8 Å². The molecule has 0 radical (unpaired) electrons. The van der Waals surface area contributed by atoms with Gasteiger partial charge in [0.05, 0.1) is 25.2 Å². The Morgan fingerprint density at radius 2 is 2.35 bits per heavy atom. The van der Waals surface area contributed by atoms with E-state index in [4.69, 9.17) is 9.47 Å². The predicted octanol–water partition coefficient (Wildman–Crippen LogP) is -1.92. The maximum atomic E-state index is 12.3. The highest BCUT2D eigenvalue weighted by molar-refractivity contribution is 5.92. The molecule has 0 aromatic heterocycles. The molecule has 0 aliphatic carbocycles. The second-order valence-corrected chi connectivity index (χ2v) is 5.22. The summed E-state index contributed by atoms with van der Waals surface area (Å²) in [5, 5.41) is 11.2. The number of aliphatic carboxylic acids is 1. The van der Waals surface area contributed by atoms with Crippen LogP contribution in [0.1, 0.15) is 6.92 Å². The Morgan fingerprint density at radius 3 is 3.00 bits per heavy atom. The molecule has 1 spiro atoms. The molecule has 0 N–H and O–H groups in total. The van der Waals surface area contributed by atoms with Crippen molar-refractivity contribution in [1.82, 2.24) is 4.90 Å². The molecule has 20 heavy (non-hydrogen) atoms. The molecule has 2 bridgehead atoms. The second-order valence-electron chi connectivity index (χ2n) is 5.22. The number of likely N-dealkylation sites (tertiary alicyclic amines) is 1. The van der Waals surface area contributed by atoms with E-state index in [1.807, 2.05) is 0 Å². The molecule has 7 heteroatoms. The third-order valence-corrected chi connectivity index (χ3v) is 4.08. The average Bonchev–Trinajstić information content (AvgIpc) is 2.99. The van der Waals surface area contributed by atoms with Gasteiger partial charge < -0.3 is 24.3 Å². The molecule has 3 rings (SSSR count). The van der Waals surface area contributed by atoms with E-state index in [9.17, 15) is 19.5 Å². The standard InChI is InChI=1S/C13H15NO6/c1-2-19-8(15)5-14-6-13-4-3-7(20-13)9(12(17)18)10(13)11(14)16/h3-4,7,9-10H,2,5-6H2,1H3,(H,17,18)/p-1/t7-,9-,10+,13-/m0/s1. The summed E-state index contributed by atoms with van der Waals surface area (Å²) in [7, 11) is 0. The van der Waals surface area contributed by atoms with Gasteiger partial charge in [-0.05, 0) is 6.92 Å². The first-order chi connectivity index (χ1) is 9.48. The van der Waals surface area contributed by atoms with Crippen LogP contribution in [0.5, 0.6) is 0 Å². The summed E-state index contributed by atoms with van der Waals surface area (Å²) >= 11 is 0. The molecule has 2 saturated heterocycles. The third kappa shape index (κ3) is 1.66. The van der Waals surface area contributed by atoms with Crippen molar-refractivity contribution in [2.24, 2.45) is 11.8 Å². The number of carbonyl (C=O) groups excluding carboxylic acids is 3. The first-order valence-electron chi connectivity index (χ1n) is 6.51. The lowest BCUT2D eigenvalue weighted by atomic mass is 9.77. The largest absolute Gasteiger partial charge is 0.550 e. The van der Waals surface area contributed by atoms with E-state index in [0.29, 0.717) is 0 Å². The Kier molecular flexibility index (Phi) is 2.82. The SMILES string of the molecule is CCOC(=O)CN1C[C@]23C=C[C@H](O2)[C@H](C(=O)[O-])[C@@H]3C1=O. The summed E-state index contributed by atoms with van der Waals surface area (Å²) in [4.78, 5) is 36.3. The maximum absolute atomic E-state index is 12.3. The smallest absolute Gasteiger partial charge is 0.325 e.